The van der Waals surface area contributed by atoms with Crippen molar-refractivity contribution >= 4 is 11.2 Å². The average Bonchev–Trinajstić information content (AvgIpc) is 2.83. The minimum absolute atomic E-state index is 0.663. The molecule has 1 aliphatic rings. The molecule has 0 bridgehead atoms. The van der Waals surface area contributed by atoms with E-state index in [0.29, 0.717) is 6.04 Å². The molecular weight excluding hydrogens is 260 g/mol. The number of nitrogens with zero attached hydrogens (tertiary/aromatic N) is 3. The zero-order valence-electron chi connectivity index (χ0n) is 13.2. The van der Waals surface area contributed by atoms with Gasteiger partial charge in [-0.3, -0.25) is 0 Å². The number of pyridine rings is 1. The number of aromatic nitrogens is 3. The maximum Gasteiger partial charge on any atom is 0.160 e. The number of nitrogens with one attached hydrogen (secondary N) is 1. The molecule has 1 saturated heterocycles. The van der Waals surface area contributed by atoms with Gasteiger partial charge in [-0.1, -0.05) is 13.3 Å². The van der Waals surface area contributed by atoms with Crippen molar-refractivity contribution in [3.63, 3.8) is 0 Å². The molecule has 2 aromatic heterocycles. The van der Waals surface area contributed by atoms with E-state index < -0.39 is 0 Å². The van der Waals surface area contributed by atoms with Crippen molar-refractivity contribution in [2.24, 2.45) is 0 Å². The molecule has 0 aromatic carbocycles. The van der Waals surface area contributed by atoms with E-state index >= 15 is 0 Å². The van der Waals surface area contributed by atoms with Crippen molar-refractivity contribution in [1.29, 1.82) is 0 Å². The molecule has 1 N–H and O–H groups in total. The standard InChI is InChI=1S/C17H26N4/c1-3-6-16-20-15-11-13(2)12-19-17(15)21(16)10-8-14-7-4-5-9-18-14/h11-12,14,18H,3-10H2,1-2H3. The first-order chi connectivity index (χ1) is 10.3. The number of imidazole rings is 1. The lowest BCUT2D eigenvalue weighted by atomic mass is 10.0. The van der Waals surface area contributed by atoms with Crippen LogP contribution in [0.25, 0.3) is 11.2 Å². The van der Waals surface area contributed by atoms with Crippen LogP contribution in [-0.2, 0) is 13.0 Å². The lowest BCUT2D eigenvalue weighted by Crippen LogP contribution is -2.34. The molecule has 1 atom stereocenters. The third-order valence-corrected chi connectivity index (χ3v) is 4.39. The second-order valence-corrected chi connectivity index (χ2v) is 6.22. The van der Waals surface area contributed by atoms with Gasteiger partial charge in [-0.15, -0.1) is 0 Å². The van der Waals surface area contributed by atoms with Gasteiger partial charge in [0.25, 0.3) is 0 Å². The van der Waals surface area contributed by atoms with Crippen molar-refractivity contribution in [3.8, 4) is 0 Å². The molecule has 21 heavy (non-hydrogen) atoms. The summed E-state index contributed by atoms with van der Waals surface area (Å²) in [6.07, 6.45) is 9.29. The Labute approximate surface area is 127 Å². The summed E-state index contributed by atoms with van der Waals surface area (Å²) in [5.41, 5.74) is 3.29. The molecule has 1 aliphatic heterocycles. The predicted molar refractivity (Wildman–Crippen MR) is 86.5 cm³/mol. The highest BCUT2D eigenvalue weighted by Gasteiger charge is 2.16. The van der Waals surface area contributed by atoms with Crippen LogP contribution < -0.4 is 5.32 Å². The van der Waals surface area contributed by atoms with Crippen LogP contribution >= 0.6 is 0 Å². The molecule has 0 aliphatic carbocycles. The Hall–Kier alpha value is -1.42. The second-order valence-electron chi connectivity index (χ2n) is 6.22. The zero-order chi connectivity index (χ0) is 14.7. The van der Waals surface area contributed by atoms with Crippen LogP contribution in [0.5, 0.6) is 0 Å². The fourth-order valence-corrected chi connectivity index (χ4v) is 3.26. The van der Waals surface area contributed by atoms with E-state index in [-0.39, 0.29) is 0 Å². The van der Waals surface area contributed by atoms with Gasteiger partial charge < -0.3 is 9.88 Å². The molecule has 1 unspecified atom stereocenters. The van der Waals surface area contributed by atoms with Crippen molar-refractivity contribution < 1.29 is 0 Å². The maximum atomic E-state index is 4.81. The molecule has 1 fully saturated rings. The zero-order valence-corrected chi connectivity index (χ0v) is 13.2. The Kier molecular flexibility index (Phi) is 4.54. The number of piperidine rings is 1. The van der Waals surface area contributed by atoms with Gasteiger partial charge in [0, 0.05) is 25.2 Å². The molecular formula is C17H26N4. The van der Waals surface area contributed by atoms with Gasteiger partial charge in [0.05, 0.1) is 0 Å². The van der Waals surface area contributed by atoms with Gasteiger partial charge >= 0.3 is 0 Å². The molecule has 0 amide bonds. The topological polar surface area (TPSA) is 42.7 Å². The molecule has 114 valence electrons. The predicted octanol–water partition coefficient (Wildman–Crippen LogP) is 3.22. The fraction of sp³-hybridized carbons (Fsp3) is 0.647. The van der Waals surface area contributed by atoms with E-state index in [4.69, 9.17) is 4.98 Å². The van der Waals surface area contributed by atoms with Crippen LogP contribution in [0, 0.1) is 6.92 Å². The highest BCUT2D eigenvalue weighted by molar-refractivity contribution is 5.72. The van der Waals surface area contributed by atoms with E-state index in [1.165, 1.54) is 43.6 Å². The van der Waals surface area contributed by atoms with Gasteiger partial charge in [0.1, 0.15) is 11.3 Å². The minimum Gasteiger partial charge on any atom is -0.314 e. The number of rotatable bonds is 5. The summed E-state index contributed by atoms with van der Waals surface area (Å²) in [6.45, 7) is 6.50. The molecule has 2 aromatic rings. The fourth-order valence-electron chi connectivity index (χ4n) is 3.26. The normalized spacial score (nSPS) is 19.2. The Morgan fingerprint density at radius 1 is 1.38 bits per heavy atom. The van der Waals surface area contributed by atoms with E-state index in [0.717, 1.165) is 30.6 Å². The van der Waals surface area contributed by atoms with Crippen LogP contribution in [0.2, 0.25) is 0 Å². The summed E-state index contributed by atoms with van der Waals surface area (Å²) < 4.78 is 2.34. The SMILES string of the molecule is CCCc1nc2cc(C)cnc2n1CCC1CCCCN1. The van der Waals surface area contributed by atoms with E-state index in [2.05, 4.69) is 34.8 Å². The first-order valence-corrected chi connectivity index (χ1v) is 8.33. The van der Waals surface area contributed by atoms with Crippen molar-refractivity contribution in [2.75, 3.05) is 6.54 Å². The molecule has 4 heteroatoms. The maximum absolute atomic E-state index is 4.81. The van der Waals surface area contributed by atoms with Gasteiger partial charge in [-0.2, -0.15) is 0 Å². The second kappa shape index (κ2) is 6.56. The van der Waals surface area contributed by atoms with Crippen molar-refractivity contribution in [3.05, 3.63) is 23.7 Å². The van der Waals surface area contributed by atoms with Gasteiger partial charge in [-0.05, 0) is 50.8 Å². The molecule has 0 spiro atoms. The monoisotopic (exact) mass is 286 g/mol. The Morgan fingerprint density at radius 3 is 3.05 bits per heavy atom. The Morgan fingerprint density at radius 2 is 2.29 bits per heavy atom. The van der Waals surface area contributed by atoms with E-state index in [1.54, 1.807) is 0 Å². The van der Waals surface area contributed by atoms with Gasteiger partial charge in [0.2, 0.25) is 0 Å². The summed E-state index contributed by atoms with van der Waals surface area (Å²) in [4.78, 5) is 9.43. The van der Waals surface area contributed by atoms with Crippen molar-refractivity contribution in [1.82, 2.24) is 19.9 Å². The van der Waals surface area contributed by atoms with Crippen LogP contribution in [0.15, 0.2) is 12.3 Å². The number of hydrogen-bond acceptors (Lipinski definition) is 3. The average molecular weight is 286 g/mol. The Bertz CT molecular complexity index is 596. The van der Waals surface area contributed by atoms with Crippen LogP contribution in [-0.4, -0.2) is 27.1 Å². The number of fused-ring (bicyclic) bond motifs is 1. The quantitative estimate of drug-likeness (QED) is 0.917. The third-order valence-electron chi connectivity index (χ3n) is 4.39. The minimum atomic E-state index is 0.663. The lowest BCUT2D eigenvalue weighted by Gasteiger charge is -2.23. The van der Waals surface area contributed by atoms with Crippen LogP contribution in [0.3, 0.4) is 0 Å². The summed E-state index contributed by atoms with van der Waals surface area (Å²) in [5.74, 6) is 1.20. The lowest BCUT2D eigenvalue weighted by molar-refractivity contribution is 0.366. The van der Waals surface area contributed by atoms with Gasteiger partial charge in [-0.25, -0.2) is 9.97 Å². The van der Waals surface area contributed by atoms with Crippen molar-refractivity contribution in [2.45, 2.75) is 65.0 Å². The summed E-state index contributed by atoms with van der Waals surface area (Å²) >= 11 is 0. The van der Waals surface area contributed by atoms with Crippen LogP contribution in [0.1, 0.15) is 50.4 Å². The smallest absolute Gasteiger partial charge is 0.160 e. The van der Waals surface area contributed by atoms with E-state index in [1.807, 2.05) is 6.20 Å². The summed E-state index contributed by atoms with van der Waals surface area (Å²) in [6, 6.07) is 2.81. The third kappa shape index (κ3) is 3.26. The largest absolute Gasteiger partial charge is 0.314 e. The highest BCUT2D eigenvalue weighted by Crippen LogP contribution is 2.19. The number of hydrogen-bond donors (Lipinski definition) is 1. The summed E-state index contributed by atoms with van der Waals surface area (Å²) in [5, 5.41) is 3.64. The summed E-state index contributed by atoms with van der Waals surface area (Å²) in [7, 11) is 0. The first kappa shape index (κ1) is 14.5. The molecule has 3 rings (SSSR count). The van der Waals surface area contributed by atoms with Crippen LogP contribution in [0.4, 0.5) is 0 Å². The first-order valence-electron chi connectivity index (χ1n) is 8.33. The van der Waals surface area contributed by atoms with E-state index in [9.17, 15) is 0 Å². The highest BCUT2D eigenvalue weighted by atomic mass is 15.1. The molecule has 0 saturated carbocycles. The number of aryl methyl sites for hydroxylation is 3. The molecule has 3 heterocycles. The molecule has 4 nitrogen and oxygen atoms in total. The van der Waals surface area contributed by atoms with Gasteiger partial charge in [0.15, 0.2) is 5.65 Å². The Balaban J connectivity index is 1.82. The molecule has 0 radical (unpaired) electrons.